The normalized spacial score (nSPS) is 13.2. The Morgan fingerprint density at radius 3 is 2.67 bits per heavy atom. The average Bonchev–Trinajstić information content (AvgIpc) is 2.41. The highest BCUT2D eigenvalue weighted by Gasteiger charge is 2.30. The van der Waals surface area contributed by atoms with Gasteiger partial charge in [0.25, 0.3) is 0 Å². The fraction of sp³-hybridized carbons (Fsp3) is 0.214. The molecule has 0 saturated heterocycles. The standard InChI is InChI=1S/C14H12ClF3N2O/c15-10-6-11(13(19)20-7-10)12(21)5-8-2-1-3-9(4-8)14(16,17)18/h1-4,6-7,12,21H,5H2,(H2,19,20). The van der Waals surface area contributed by atoms with Crippen LogP contribution >= 0.6 is 11.6 Å². The van der Waals surface area contributed by atoms with Gasteiger partial charge in [-0.05, 0) is 17.7 Å². The lowest BCUT2D eigenvalue weighted by atomic mass is 10.0. The van der Waals surface area contributed by atoms with E-state index in [1.807, 2.05) is 0 Å². The Morgan fingerprint density at radius 1 is 1.29 bits per heavy atom. The Balaban J connectivity index is 2.23. The van der Waals surface area contributed by atoms with E-state index in [2.05, 4.69) is 4.98 Å². The first-order valence-electron chi connectivity index (χ1n) is 6.02. The van der Waals surface area contributed by atoms with E-state index >= 15 is 0 Å². The molecule has 0 bridgehead atoms. The third-order valence-corrected chi connectivity index (χ3v) is 3.17. The van der Waals surface area contributed by atoms with Gasteiger partial charge in [-0.25, -0.2) is 4.98 Å². The van der Waals surface area contributed by atoms with Crippen LogP contribution in [-0.2, 0) is 12.6 Å². The summed E-state index contributed by atoms with van der Waals surface area (Å²) >= 11 is 5.77. The second kappa shape index (κ2) is 5.91. The number of nitrogen functional groups attached to an aromatic ring is 1. The lowest BCUT2D eigenvalue weighted by Crippen LogP contribution is -2.09. The summed E-state index contributed by atoms with van der Waals surface area (Å²) in [7, 11) is 0. The van der Waals surface area contributed by atoms with Crippen LogP contribution in [0.1, 0.15) is 22.8 Å². The Kier molecular flexibility index (Phi) is 4.39. The van der Waals surface area contributed by atoms with Gasteiger partial charge < -0.3 is 10.8 Å². The van der Waals surface area contributed by atoms with Gasteiger partial charge >= 0.3 is 6.18 Å². The number of anilines is 1. The molecule has 0 fully saturated rings. The maximum absolute atomic E-state index is 12.6. The van der Waals surface area contributed by atoms with E-state index in [4.69, 9.17) is 17.3 Å². The van der Waals surface area contributed by atoms with Crippen molar-refractivity contribution in [3.05, 3.63) is 58.2 Å². The zero-order valence-electron chi connectivity index (χ0n) is 10.7. The Morgan fingerprint density at radius 2 is 2.00 bits per heavy atom. The van der Waals surface area contributed by atoms with E-state index in [0.717, 1.165) is 12.1 Å². The molecule has 3 nitrogen and oxygen atoms in total. The van der Waals surface area contributed by atoms with Crippen LogP contribution < -0.4 is 5.73 Å². The average molecular weight is 317 g/mol. The molecule has 0 aliphatic rings. The summed E-state index contributed by atoms with van der Waals surface area (Å²) in [5.41, 5.74) is 5.51. The summed E-state index contributed by atoms with van der Waals surface area (Å²) in [5.74, 6) is 0.0962. The molecule has 2 rings (SSSR count). The molecule has 2 aromatic rings. The summed E-state index contributed by atoms with van der Waals surface area (Å²) in [5, 5.41) is 10.4. The summed E-state index contributed by atoms with van der Waals surface area (Å²) in [4.78, 5) is 3.80. The second-order valence-corrected chi connectivity index (χ2v) is 4.98. The Bertz CT molecular complexity index is 646. The van der Waals surface area contributed by atoms with Gasteiger partial charge in [0.1, 0.15) is 5.82 Å². The van der Waals surface area contributed by atoms with Gasteiger partial charge in [-0.1, -0.05) is 29.8 Å². The van der Waals surface area contributed by atoms with Crippen molar-refractivity contribution in [3.63, 3.8) is 0 Å². The number of hydrogen-bond acceptors (Lipinski definition) is 3. The van der Waals surface area contributed by atoms with Gasteiger partial charge in [-0.3, -0.25) is 0 Å². The lowest BCUT2D eigenvalue weighted by Gasteiger charge is -2.14. The van der Waals surface area contributed by atoms with Crippen molar-refractivity contribution in [1.29, 1.82) is 0 Å². The SMILES string of the molecule is Nc1ncc(Cl)cc1C(O)Cc1cccc(C(F)(F)F)c1. The molecule has 0 radical (unpaired) electrons. The highest BCUT2D eigenvalue weighted by Crippen LogP contribution is 2.31. The molecule has 7 heteroatoms. The minimum Gasteiger partial charge on any atom is -0.388 e. The summed E-state index contributed by atoms with van der Waals surface area (Å²) in [6.45, 7) is 0. The van der Waals surface area contributed by atoms with Crippen LogP contribution in [0.15, 0.2) is 36.5 Å². The van der Waals surface area contributed by atoms with Gasteiger partial charge in [0.05, 0.1) is 16.7 Å². The highest BCUT2D eigenvalue weighted by atomic mass is 35.5. The van der Waals surface area contributed by atoms with Crippen molar-refractivity contribution in [3.8, 4) is 0 Å². The predicted octanol–water partition coefficient (Wildman–Crippen LogP) is 3.61. The summed E-state index contributed by atoms with van der Waals surface area (Å²) < 4.78 is 37.9. The second-order valence-electron chi connectivity index (χ2n) is 4.55. The fourth-order valence-corrected chi connectivity index (χ4v) is 2.11. The van der Waals surface area contributed by atoms with Crippen molar-refractivity contribution >= 4 is 17.4 Å². The highest BCUT2D eigenvalue weighted by molar-refractivity contribution is 6.30. The van der Waals surface area contributed by atoms with E-state index in [9.17, 15) is 18.3 Å². The molecule has 3 N–H and O–H groups in total. The minimum atomic E-state index is -4.42. The van der Waals surface area contributed by atoms with Crippen molar-refractivity contribution in [2.45, 2.75) is 18.7 Å². The van der Waals surface area contributed by atoms with E-state index in [0.29, 0.717) is 16.1 Å². The number of nitrogens with two attached hydrogens (primary N) is 1. The number of aromatic nitrogens is 1. The molecule has 112 valence electrons. The van der Waals surface area contributed by atoms with Crippen LogP contribution in [-0.4, -0.2) is 10.1 Å². The number of benzene rings is 1. The predicted molar refractivity (Wildman–Crippen MR) is 73.8 cm³/mol. The first kappa shape index (κ1) is 15.6. The molecule has 0 amide bonds. The monoisotopic (exact) mass is 316 g/mol. The van der Waals surface area contributed by atoms with E-state index in [1.54, 1.807) is 0 Å². The van der Waals surface area contributed by atoms with Crippen LogP contribution in [0.2, 0.25) is 5.02 Å². The third-order valence-electron chi connectivity index (χ3n) is 2.96. The summed E-state index contributed by atoms with van der Waals surface area (Å²) in [6, 6.07) is 6.22. The molecular weight excluding hydrogens is 305 g/mol. The van der Waals surface area contributed by atoms with Crippen molar-refractivity contribution in [1.82, 2.24) is 4.98 Å². The van der Waals surface area contributed by atoms with Gasteiger partial charge in [0.15, 0.2) is 0 Å². The van der Waals surface area contributed by atoms with Gasteiger partial charge in [0.2, 0.25) is 0 Å². The van der Waals surface area contributed by atoms with Gasteiger partial charge in [-0.15, -0.1) is 0 Å². The number of hydrogen-bond donors (Lipinski definition) is 2. The zero-order chi connectivity index (χ0) is 15.6. The minimum absolute atomic E-state index is 0.0177. The molecule has 21 heavy (non-hydrogen) atoms. The quantitative estimate of drug-likeness (QED) is 0.909. The molecule has 0 spiro atoms. The Labute approximate surface area is 124 Å². The smallest absolute Gasteiger partial charge is 0.388 e. The molecule has 1 aromatic heterocycles. The largest absolute Gasteiger partial charge is 0.416 e. The van der Waals surface area contributed by atoms with E-state index < -0.39 is 17.8 Å². The maximum atomic E-state index is 12.6. The van der Waals surface area contributed by atoms with Crippen molar-refractivity contribution in [2.24, 2.45) is 0 Å². The number of alkyl halides is 3. The van der Waals surface area contributed by atoms with Gasteiger partial charge in [-0.2, -0.15) is 13.2 Å². The topological polar surface area (TPSA) is 59.1 Å². The molecule has 0 aliphatic heterocycles. The van der Waals surface area contributed by atoms with Gasteiger partial charge in [0, 0.05) is 18.2 Å². The number of aliphatic hydroxyl groups excluding tert-OH is 1. The maximum Gasteiger partial charge on any atom is 0.416 e. The Hall–Kier alpha value is -1.79. The molecule has 1 unspecified atom stereocenters. The zero-order valence-corrected chi connectivity index (χ0v) is 11.5. The fourth-order valence-electron chi connectivity index (χ4n) is 1.94. The molecule has 1 heterocycles. The van der Waals surface area contributed by atoms with Crippen LogP contribution in [0.3, 0.4) is 0 Å². The molecule has 1 aromatic carbocycles. The van der Waals surface area contributed by atoms with Crippen molar-refractivity contribution < 1.29 is 18.3 Å². The number of halogens is 4. The lowest BCUT2D eigenvalue weighted by molar-refractivity contribution is -0.137. The first-order valence-corrected chi connectivity index (χ1v) is 6.40. The summed E-state index contributed by atoms with van der Waals surface area (Å²) in [6.07, 6.45) is -4.19. The number of rotatable bonds is 3. The molecule has 0 saturated carbocycles. The van der Waals surface area contributed by atoms with Crippen molar-refractivity contribution in [2.75, 3.05) is 5.73 Å². The van der Waals surface area contributed by atoms with E-state index in [1.165, 1.54) is 24.4 Å². The molecule has 0 aliphatic carbocycles. The van der Waals surface area contributed by atoms with E-state index in [-0.39, 0.29) is 12.2 Å². The molecular formula is C14H12ClF3N2O. The van der Waals surface area contributed by atoms with Crippen LogP contribution in [0.5, 0.6) is 0 Å². The van der Waals surface area contributed by atoms with Crippen LogP contribution in [0.25, 0.3) is 0 Å². The number of nitrogens with zero attached hydrogens (tertiary/aromatic N) is 1. The van der Waals surface area contributed by atoms with Crippen LogP contribution in [0, 0.1) is 0 Å². The molecule has 1 atom stereocenters. The first-order chi connectivity index (χ1) is 9.77. The van der Waals surface area contributed by atoms with Crippen LogP contribution in [0.4, 0.5) is 19.0 Å². The number of pyridine rings is 1. The third kappa shape index (κ3) is 3.86. The number of aliphatic hydroxyl groups is 1.